The maximum Gasteiger partial charge on any atom is 0.0644 e. The molecule has 20 heavy (non-hydrogen) atoms. The SMILES string of the molecule is CCC(C)n1ccc(CC(NN)c2cccc(I)c2)n1. The van der Waals surface area contributed by atoms with Crippen molar-refractivity contribution in [1.82, 2.24) is 15.2 Å². The van der Waals surface area contributed by atoms with E-state index in [1.54, 1.807) is 0 Å². The lowest BCUT2D eigenvalue weighted by atomic mass is 10.0. The second-order valence-electron chi connectivity index (χ2n) is 5.02. The molecule has 0 bridgehead atoms. The van der Waals surface area contributed by atoms with Gasteiger partial charge in [0.25, 0.3) is 0 Å². The highest BCUT2D eigenvalue weighted by Gasteiger charge is 2.13. The van der Waals surface area contributed by atoms with Crippen molar-refractivity contribution < 1.29 is 0 Å². The predicted octanol–water partition coefficient (Wildman–Crippen LogP) is 3.21. The van der Waals surface area contributed by atoms with Crippen LogP contribution in [0.15, 0.2) is 36.5 Å². The zero-order chi connectivity index (χ0) is 14.5. The summed E-state index contributed by atoms with van der Waals surface area (Å²) < 4.78 is 3.24. The molecule has 0 amide bonds. The first-order valence-electron chi connectivity index (χ1n) is 6.89. The average molecular weight is 384 g/mol. The van der Waals surface area contributed by atoms with E-state index < -0.39 is 0 Å². The van der Waals surface area contributed by atoms with Crippen molar-refractivity contribution in [1.29, 1.82) is 0 Å². The van der Waals surface area contributed by atoms with Crippen LogP contribution in [0.3, 0.4) is 0 Å². The topological polar surface area (TPSA) is 55.9 Å². The van der Waals surface area contributed by atoms with Crippen LogP contribution in [-0.2, 0) is 6.42 Å². The van der Waals surface area contributed by atoms with Crippen LogP contribution in [-0.4, -0.2) is 9.78 Å². The van der Waals surface area contributed by atoms with E-state index in [9.17, 15) is 0 Å². The zero-order valence-corrected chi connectivity index (χ0v) is 14.0. The molecule has 0 saturated heterocycles. The largest absolute Gasteiger partial charge is 0.271 e. The molecule has 0 radical (unpaired) electrons. The number of nitrogens with two attached hydrogens (primary N) is 1. The molecule has 0 saturated carbocycles. The van der Waals surface area contributed by atoms with E-state index in [0.717, 1.165) is 18.5 Å². The van der Waals surface area contributed by atoms with Crippen LogP contribution in [0.4, 0.5) is 0 Å². The van der Waals surface area contributed by atoms with Gasteiger partial charge in [-0.2, -0.15) is 5.10 Å². The third kappa shape index (κ3) is 3.80. The maximum absolute atomic E-state index is 5.71. The molecule has 0 fully saturated rings. The van der Waals surface area contributed by atoms with E-state index in [-0.39, 0.29) is 6.04 Å². The van der Waals surface area contributed by atoms with Gasteiger partial charge in [-0.25, -0.2) is 0 Å². The monoisotopic (exact) mass is 384 g/mol. The minimum Gasteiger partial charge on any atom is -0.271 e. The number of hydrogen-bond donors (Lipinski definition) is 2. The van der Waals surface area contributed by atoms with Crippen LogP contribution < -0.4 is 11.3 Å². The van der Waals surface area contributed by atoms with Crippen molar-refractivity contribution in [2.45, 2.75) is 38.8 Å². The Hall–Kier alpha value is -0.920. The average Bonchev–Trinajstić information content (AvgIpc) is 2.92. The Kier molecular flexibility index (Phi) is 5.56. The molecule has 0 aliphatic rings. The molecule has 2 atom stereocenters. The Morgan fingerprint density at radius 1 is 1.40 bits per heavy atom. The van der Waals surface area contributed by atoms with Gasteiger partial charge >= 0.3 is 0 Å². The molecule has 4 nitrogen and oxygen atoms in total. The van der Waals surface area contributed by atoms with Gasteiger partial charge in [0.15, 0.2) is 0 Å². The highest BCUT2D eigenvalue weighted by atomic mass is 127. The number of nitrogens with zero attached hydrogens (tertiary/aromatic N) is 2. The van der Waals surface area contributed by atoms with E-state index in [0.29, 0.717) is 6.04 Å². The first kappa shape index (κ1) is 15.5. The van der Waals surface area contributed by atoms with Gasteiger partial charge in [-0.1, -0.05) is 19.1 Å². The molecule has 0 aliphatic carbocycles. The quantitative estimate of drug-likeness (QED) is 0.457. The standard InChI is InChI=1S/C15H21IN4/c1-3-11(2)20-8-7-14(19-20)10-15(18-17)12-5-4-6-13(16)9-12/h4-9,11,15,18H,3,10,17H2,1-2H3. The lowest BCUT2D eigenvalue weighted by Gasteiger charge is -2.15. The van der Waals surface area contributed by atoms with Gasteiger partial charge in [0.2, 0.25) is 0 Å². The number of nitrogens with one attached hydrogen (secondary N) is 1. The summed E-state index contributed by atoms with van der Waals surface area (Å²) in [7, 11) is 0. The molecule has 2 aromatic rings. The summed E-state index contributed by atoms with van der Waals surface area (Å²) in [5, 5.41) is 4.64. The van der Waals surface area contributed by atoms with Gasteiger partial charge in [-0.05, 0) is 59.7 Å². The summed E-state index contributed by atoms with van der Waals surface area (Å²) in [6.07, 6.45) is 3.92. The van der Waals surface area contributed by atoms with Crippen LogP contribution in [0.1, 0.15) is 43.6 Å². The molecule has 5 heteroatoms. The molecule has 1 aromatic heterocycles. The summed E-state index contributed by atoms with van der Waals surface area (Å²) in [5.41, 5.74) is 5.15. The van der Waals surface area contributed by atoms with E-state index in [2.05, 4.69) is 77.3 Å². The van der Waals surface area contributed by atoms with Gasteiger partial charge < -0.3 is 0 Å². The second-order valence-corrected chi connectivity index (χ2v) is 6.27. The molecule has 2 rings (SSSR count). The van der Waals surface area contributed by atoms with Crippen molar-refractivity contribution in [3.63, 3.8) is 0 Å². The van der Waals surface area contributed by atoms with Gasteiger partial charge in [-0.15, -0.1) is 0 Å². The summed E-state index contributed by atoms with van der Waals surface area (Å²) in [6, 6.07) is 11.0. The summed E-state index contributed by atoms with van der Waals surface area (Å²) in [4.78, 5) is 0. The van der Waals surface area contributed by atoms with Crippen LogP contribution in [0.25, 0.3) is 0 Å². The third-order valence-electron chi connectivity index (χ3n) is 3.57. The van der Waals surface area contributed by atoms with Crippen molar-refractivity contribution in [3.8, 4) is 0 Å². The molecular weight excluding hydrogens is 363 g/mol. The number of aromatic nitrogens is 2. The van der Waals surface area contributed by atoms with Gasteiger partial charge in [-0.3, -0.25) is 16.0 Å². The fourth-order valence-corrected chi connectivity index (χ4v) is 2.69. The van der Waals surface area contributed by atoms with E-state index in [1.165, 1.54) is 9.13 Å². The molecule has 108 valence electrons. The number of halogens is 1. The molecule has 3 N–H and O–H groups in total. The Bertz CT molecular complexity index is 552. The number of hydrogen-bond acceptors (Lipinski definition) is 3. The molecule has 0 spiro atoms. The van der Waals surface area contributed by atoms with Gasteiger partial charge in [0.05, 0.1) is 11.7 Å². The van der Waals surface area contributed by atoms with Crippen LogP contribution in [0, 0.1) is 3.57 Å². The highest BCUT2D eigenvalue weighted by Crippen LogP contribution is 2.19. The van der Waals surface area contributed by atoms with Gasteiger partial charge in [0.1, 0.15) is 0 Å². The Balaban J connectivity index is 2.12. The highest BCUT2D eigenvalue weighted by molar-refractivity contribution is 14.1. The third-order valence-corrected chi connectivity index (χ3v) is 4.24. The van der Waals surface area contributed by atoms with Crippen molar-refractivity contribution in [2.75, 3.05) is 0 Å². The molecule has 0 aliphatic heterocycles. The molecule has 1 heterocycles. The van der Waals surface area contributed by atoms with Crippen LogP contribution >= 0.6 is 22.6 Å². The Labute approximate surface area is 133 Å². The summed E-state index contributed by atoms with van der Waals surface area (Å²) in [6.45, 7) is 4.34. The fourth-order valence-electron chi connectivity index (χ4n) is 2.12. The first-order valence-corrected chi connectivity index (χ1v) is 7.97. The Morgan fingerprint density at radius 2 is 2.20 bits per heavy atom. The minimum absolute atomic E-state index is 0.0880. The normalized spacial score (nSPS) is 14.2. The van der Waals surface area contributed by atoms with Crippen molar-refractivity contribution >= 4 is 22.6 Å². The van der Waals surface area contributed by atoms with Crippen molar-refractivity contribution in [2.24, 2.45) is 5.84 Å². The van der Waals surface area contributed by atoms with Crippen molar-refractivity contribution in [3.05, 3.63) is 51.4 Å². The summed E-state index contributed by atoms with van der Waals surface area (Å²) in [5.74, 6) is 5.71. The zero-order valence-electron chi connectivity index (χ0n) is 11.9. The minimum atomic E-state index is 0.0880. The van der Waals surface area contributed by atoms with Crippen LogP contribution in [0.5, 0.6) is 0 Å². The maximum atomic E-state index is 5.71. The lowest BCUT2D eigenvalue weighted by molar-refractivity contribution is 0.467. The van der Waals surface area contributed by atoms with E-state index in [4.69, 9.17) is 5.84 Å². The number of benzene rings is 1. The second kappa shape index (κ2) is 7.19. The van der Waals surface area contributed by atoms with Gasteiger partial charge in [0, 0.05) is 22.2 Å². The molecular formula is C15H21IN4. The smallest absolute Gasteiger partial charge is 0.0644 e. The van der Waals surface area contributed by atoms with Crippen LogP contribution in [0.2, 0.25) is 0 Å². The summed E-state index contributed by atoms with van der Waals surface area (Å²) >= 11 is 2.32. The lowest BCUT2D eigenvalue weighted by Crippen LogP contribution is -2.29. The Morgan fingerprint density at radius 3 is 2.85 bits per heavy atom. The fraction of sp³-hybridized carbons (Fsp3) is 0.400. The number of hydrazine groups is 1. The molecule has 1 aromatic carbocycles. The number of rotatable bonds is 6. The first-order chi connectivity index (χ1) is 9.63. The van der Waals surface area contributed by atoms with E-state index in [1.807, 2.05) is 10.9 Å². The van der Waals surface area contributed by atoms with E-state index >= 15 is 0 Å². The molecule has 2 unspecified atom stereocenters. The predicted molar refractivity (Wildman–Crippen MR) is 90.2 cm³/mol.